The second-order valence-corrected chi connectivity index (χ2v) is 8.37. The van der Waals surface area contributed by atoms with Gasteiger partial charge in [0.25, 0.3) is 0 Å². The van der Waals surface area contributed by atoms with Gasteiger partial charge in [0.1, 0.15) is 5.01 Å². The van der Waals surface area contributed by atoms with Crippen molar-refractivity contribution in [2.75, 3.05) is 45.2 Å². The van der Waals surface area contributed by atoms with E-state index in [0.29, 0.717) is 12.5 Å². The summed E-state index contributed by atoms with van der Waals surface area (Å²) in [5, 5.41) is 13.4. The Morgan fingerprint density at radius 2 is 2.00 bits per heavy atom. The van der Waals surface area contributed by atoms with Crippen LogP contribution in [-0.2, 0) is 10.2 Å². The van der Waals surface area contributed by atoms with Crippen LogP contribution in [-0.4, -0.2) is 61.3 Å². The van der Waals surface area contributed by atoms with E-state index in [0.717, 1.165) is 42.6 Å². The third-order valence-electron chi connectivity index (χ3n) is 4.27. The van der Waals surface area contributed by atoms with E-state index in [1.165, 1.54) is 0 Å². The molecule has 0 radical (unpaired) electrons. The first-order valence-electron chi connectivity index (χ1n) is 8.27. The van der Waals surface area contributed by atoms with Crippen LogP contribution in [0.15, 0.2) is 0 Å². The monoisotopic (exact) mass is 339 g/mol. The van der Waals surface area contributed by atoms with E-state index in [9.17, 15) is 4.79 Å². The minimum atomic E-state index is 0.0575. The molecule has 2 rings (SSSR count). The van der Waals surface area contributed by atoms with E-state index in [2.05, 4.69) is 53.1 Å². The lowest BCUT2D eigenvalue weighted by atomic mass is 9.96. The number of aromatic nitrogens is 2. The predicted octanol–water partition coefficient (Wildman–Crippen LogP) is 1.73. The zero-order valence-electron chi connectivity index (χ0n) is 14.9. The number of amides is 1. The molecule has 0 saturated carbocycles. The van der Waals surface area contributed by atoms with Gasteiger partial charge in [0, 0.05) is 26.1 Å². The van der Waals surface area contributed by atoms with Crippen molar-refractivity contribution < 1.29 is 4.79 Å². The maximum absolute atomic E-state index is 11.4. The van der Waals surface area contributed by atoms with E-state index in [1.807, 2.05) is 0 Å². The molecular weight excluding hydrogens is 310 g/mol. The Bertz CT molecular complexity index is 517. The van der Waals surface area contributed by atoms with Gasteiger partial charge in [-0.2, -0.15) is 0 Å². The molecule has 1 aromatic rings. The first kappa shape index (κ1) is 18.1. The van der Waals surface area contributed by atoms with E-state index < -0.39 is 0 Å². The molecule has 1 saturated heterocycles. The number of nitrogens with one attached hydrogen (secondary N) is 1. The highest BCUT2D eigenvalue weighted by Crippen LogP contribution is 2.30. The van der Waals surface area contributed by atoms with Crippen molar-refractivity contribution in [3.05, 3.63) is 5.01 Å². The van der Waals surface area contributed by atoms with E-state index in [1.54, 1.807) is 18.4 Å². The highest BCUT2D eigenvalue weighted by Gasteiger charge is 2.24. The third-order valence-corrected chi connectivity index (χ3v) is 5.73. The average Bonchev–Trinajstić information content (AvgIpc) is 2.99. The molecule has 1 N–H and O–H groups in total. The number of carbonyl (C=O) groups is 1. The summed E-state index contributed by atoms with van der Waals surface area (Å²) in [5.41, 5.74) is 0.0575. The van der Waals surface area contributed by atoms with Gasteiger partial charge in [-0.05, 0) is 31.8 Å². The van der Waals surface area contributed by atoms with Crippen molar-refractivity contribution in [2.24, 2.45) is 5.92 Å². The number of hydrogen-bond donors (Lipinski definition) is 1. The normalized spacial score (nSPS) is 17.3. The van der Waals surface area contributed by atoms with Gasteiger partial charge in [-0.15, -0.1) is 10.2 Å². The topological polar surface area (TPSA) is 61.4 Å². The lowest BCUT2D eigenvalue weighted by molar-refractivity contribution is -0.122. The number of hydrogen-bond acceptors (Lipinski definition) is 6. The molecule has 23 heavy (non-hydrogen) atoms. The molecule has 0 spiro atoms. The largest absolute Gasteiger partial charge is 0.358 e. The first-order valence-corrected chi connectivity index (χ1v) is 9.09. The van der Waals surface area contributed by atoms with Crippen LogP contribution in [0.4, 0.5) is 5.13 Å². The zero-order valence-corrected chi connectivity index (χ0v) is 15.7. The van der Waals surface area contributed by atoms with Crippen LogP contribution in [0.3, 0.4) is 0 Å². The van der Waals surface area contributed by atoms with Gasteiger partial charge < -0.3 is 10.2 Å². The maximum atomic E-state index is 11.4. The van der Waals surface area contributed by atoms with E-state index >= 15 is 0 Å². The standard InChI is InChI=1S/C16H29N5OS/c1-16(2,3)14-18-19-15(23-14)20(5)10-12-6-8-21(9-7-12)11-13(22)17-4/h12H,6-11H2,1-5H3,(H,17,22). The molecule has 0 atom stereocenters. The van der Waals surface area contributed by atoms with Gasteiger partial charge >= 0.3 is 0 Å². The molecule has 1 fully saturated rings. The van der Waals surface area contributed by atoms with Crippen LogP contribution >= 0.6 is 11.3 Å². The average molecular weight is 340 g/mol. The summed E-state index contributed by atoms with van der Waals surface area (Å²) in [6.45, 7) is 10.0. The van der Waals surface area contributed by atoms with Crippen LogP contribution in [0.1, 0.15) is 38.6 Å². The fourth-order valence-corrected chi connectivity index (χ4v) is 3.62. The van der Waals surface area contributed by atoms with Crippen LogP contribution < -0.4 is 10.2 Å². The van der Waals surface area contributed by atoms with Gasteiger partial charge in [0.05, 0.1) is 6.54 Å². The maximum Gasteiger partial charge on any atom is 0.233 e. The zero-order chi connectivity index (χ0) is 17.0. The Kier molecular flexibility index (Phi) is 5.97. The van der Waals surface area contributed by atoms with Crippen molar-refractivity contribution in [3.63, 3.8) is 0 Å². The first-order chi connectivity index (χ1) is 10.8. The minimum Gasteiger partial charge on any atom is -0.358 e. The highest BCUT2D eigenvalue weighted by atomic mass is 32.1. The van der Waals surface area contributed by atoms with Gasteiger partial charge in [0.2, 0.25) is 11.0 Å². The van der Waals surface area contributed by atoms with Gasteiger partial charge in [-0.1, -0.05) is 32.1 Å². The quantitative estimate of drug-likeness (QED) is 0.885. The summed E-state index contributed by atoms with van der Waals surface area (Å²) in [4.78, 5) is 15.9. The summed E-state index contributed by atoms with van der Waals surface area (Å²) >= 11 is 1.69. The fourth-order valence-electron chi connectivity index (χ4n) is 2.75. The molecule has 2 heterocycles. The number of rotatable bonds is 5. The number of carbonyl (C=O) groups excluding carboxylic acids is 1. The smallest absolute Gasteiger partial charge is 0.233 e. The number of anilines is 1. The molecule has 7 heteroatoms. The lowest BCUT2D eigenvalue weighted by Crippen LogP contribution is -2.42. The fraction of sp³-hybridized carbons (Fsp3) is 0.812. The Labute approximate surface area is 143 Å². The van der Waals surface area contributed by atoms with Crippen molar-refractivity contribution in [3.8, 4) is 0 Å². The number of likely N-dealkylation sites (tertiary alicyclic amines) is 1. The molecule has 0 aromatic carbocycles. The predicted molar refractivity (Wildman–Crippen MR) is 95.1 cm³/mol. The summed E-state index contributed by atoms with van der Waals surface area (Å²) in [5.74, 6) is 0.757. The van der Waals surface area contributed by atoms with Crippen molar-refractivity contribution in [1.29, 1.82) is 0 Å². The number of nitrogens with zero attached hydrogens (tertiary/aromatic N) is 4. The molecular formula is C16H29N5OS. The number of likely N-dealkylation sites (N-methyl/N-ethyl adjacent to an activating group) is 1. The summed E-state index contributed by atoms with van der Waals surface area (Å²) < 4.78 is 0. The molecule has 6 nitrogen and oxygen atoms in total. The Morgan fingerprint density at radius 1 is 1.35 bits per heavy atom. The molecule has 1 aliphatic heterocycles. The Morgan fingerprint density at radius 3 is 2.52 bits per heavy atom. The van der Waals surface area contributed by atoms with Crippen molar-refractivity contribution in [1.82, 2.24) is 20.4 Å². The summed E-state index contributed by atoms with van der Waals surface area (Å²) in [7, 11) is 3.79. The number of piperidine rings is 1. The van der Waals surface area contributed by atoms with Crippen LogP contribution in [0, 0.1) is 5.92 Å². The SMILES string of the molecule is CNC(=O)CN1CCC(CN(C)c2nnc(C(C)(C)C)s2)CC1. The van der Waals surface area contributed by atoms with Crippen LogP contribution in [0.2, 0.25) is 0 Å². The second kappa shape index (κ2) is 7.57. The van der Waals surface area contributed by atoms with E-state index in [4.69, 9.17) is 0 Å². The lowest BCUT2D eigenvalue weighted by Gasteiger charge is -2.33. The highest BCUT2D eigenvalue weighted by molar-refractivity contribution is 7.15. The summed E-state index contributed by atoms with van der Waals surface area (Å²) in [6.07, 6.45) is 2.26. The Hall–Kier alpha value is -1.21. The van der Waals surface area contributed by atoms with Crippen molar-refractivity contribution in [2.45, 2.75) is 39.0 Å². The minimum absolute atomic E-state index is 0.0575. The molecule has 0 unspecified atom stereocenters. The Balaban J connectivity index is 1.82. The summed E-state index contributed by atoms with van der Waals surface area (Å²) in [6, 6.07) is 0. The molecule has 1 amide bonds. The molecule has 0 bridgehead atoms. The van der Waals surface area contributed by atoms with Gasteiger partial charge in [-0.25, -0.2) is 0 Å². The third kappa shape index (κ3) is 5.14. The molecule has 1 aromatic heterocycles. The molecule has 1 aliphatic rings. The van der Waals surface area contributed by atoms with Crippen molar-refractivity contribution >= 4 is 22.4 Å². The molecule has 130 valence electrons. The van der Waals surface area contributed by atoms with Gasteiger partial charge in [0.15, 0.2) is 0 Å². The van der Waals surface area contributed by atoms with E-state index in [-0.39, 0.29) is 11.3 Å². The van der Waals surface area contributed by atoms with Crippen LogP contribution in [0.25, 0.3) is 0 Å². The second-order valence-electron chi connectivity index (χ2n) is 7.41. The van der Waals surface area contributed by atoms with Gasteiger partial charge in [-0.3, -0.25) is 9.69 Å². The van der Waals surface area contributed by atoms with Crippen LogP contribution in [0.5, 0.6) is 0 Å². The molecule has 0 aliphatic carbocycles.